The molecule has 0 aromatic rings. The monoisotopic (exact) mass is 195 g/mol. The quantitative estimate of drug-likeness (QED) is 0.274. The van der Waals surface area contributed by atoms with Crippen molar-refractivity contribution in [2.24, 2.45) is 4.99 Å². The van der Waals surface area contributed by atoms with Gasteiger partial charge >= 0.3 is 11.9 Å². The highest BCUT2D eigenvalue weighted by molar-refractivity contribution is 6.15. The first kappa shape index (κ1) is 10.2. The zero-order chi connectivity index (χ0) is 10.6. The zero-order valence-electron chi connectivity index (χ0n) is 7.81. The molecule has 0 spiro atoms. The van der Waals surface area contributed by atoms with Gasteiger partial charge in [0.2, 0.25) is 0 Å². The number of hydrogen-bond donors (Lipinski definition) is 0. The SMILES string of the molecule is COC(=O)C(C(=O)OC)=C1C=CC=N1. The van der Waals surface area contributed by atoms with Gasteiger partial charge in [0.1, 0.15) is 0 Å². The first-order valence-electron chi connectivity index (χ1n) is 3.82. The van der Waals surface area contributed by atoms with Crippen LogP contribution in [0.3, 0.4) is 0 Å². The van der Waals surface area contributed by atoms with Crippen LogP contribution in [0.5, 0.6) is 0 Å². The van der Waals surface area contributed by atoms with Crippen LogP contribution >= 0.6 is 0 Å². The second-order valence-electron chi connectivity index (χ2n) is 2.38. The Hall–Kier alpha value is -1.91. The number of esters is 2. The highest BCUT2D eigenvalue weighted by atomic mass is 16.5. The van der Waals surface area contributed by atoms with Gasteiger partial charge in [-0.05, 0) is 12.2 Å². The molecule has 5 nitrogen and oxygen atoms in total. The molecule has 5 heteroatoms. The number of carbonyl (C=O) groups is 2. The summed E-state index contributed by atoms with van der Waals surface area (Å²) in [5.41, 5.74) is 0.0590. The van der Waals surface area contributed by atoms with Crippen molar-refractivity contribution in [1.29, 1.82) is 0 Å². The van der Waals surface area contributed by atoms with E-state index >= 15 is 0 Å². The van der Waals surface area contributed by atoms with E-state index in [4.69, 9.17) is 0 Å². The third-order valence-electron chi connectivity index (χ3n) is 1.59. The maximum atomic E-state index is 11.2. The number of allylic oxidation sites excluding steroid dienone is 2. The summed E-state index contributed by atoms with van der Waals surface area (Å²) in [6, 6.07) is 0. The maximum absolute atomic E-state index is 11.2. The van der Waals surface area contributed by atoms with Crippen LogP contribution in [-0.4, -0.2) is 32.4 Å². The molecule has 1 aliphatic heterocycles. The van der Waals surface area contributed by atoms with Crippen molar-refractivity contribution in [3.8, 4) is 0 Å². The van der Waals surface area contributed by atoms with Crippen molar-refractivity contribution in [1.82, 2.24) is 0 Å². The molecule has 0 saturated carbocycles. The molecular formula is C9H9NO4. The Morgan fingerprint density at radius 2 is 1.79 bits per heavy atom. The molecule has 0 atom stereocenters. The van der Waals surface area contributed by atoms with E-state index in [-0.39, 0.29) is 11.3 Å². The van der Waals surface area contributed by atoms with E-state index in [0.717, 1.165) is 0 Å². The van der Waals surface area contributed by atoms with Crippen LogP contribution in [0.1, 0.15) is 0 Å². The van der Waals surface area contributed by atoms with Gasteiger partial charge in [-0.15, -0.1) is 0 Å². The summed E-state index contributed by atoms with van der Waals surface area (Å²) in [4.78, 5) is 26.2. The molecule has 0 bridgehead atoms. The fourth-order valence-electron chi connectivity index (χ4n) is 0.945. The fraction of sp³-hybridized carbons (Fsp3) is 0.222. The van der Waals surface area contributed by atoms with Crippen molar-refractivity contribution in [2.75, 3.05) is 14.2 Å². The number of nitrogens with zero attached hydrogens (tertiary/aromatic N) is 1. The summed E-state index contributed by atoms with van der Waals surface area (Å²) >= 11 is 0. The Labute approximate surface area is 80.7 Å². The number of hydrogen-bond acceptors (Lipinski definition) is 5. The van der Waals surface area contributed by atoms with Crippen molar-refractivity contribution in [3.63, 3.8) is 0 Å². The number of rotatable bonds is 2. The number of ether oxygens (including phenoxy) is 2. The van der Waals surface area contributed by atoms with Crippen LogP contribution in [0.25, 0.3) is 0 Å². The Kier molecular flexibility index (Phi) is 3.17. The average Bonchev–Trinajstić information content (AvgIpc) is 2.70. The smallest absolute Gasteiger partial charge is 0.347 e. The van der Waals surface area contributed by atoms with E-state index in [9.17, 15) is 9.59 Å². The molecule has 0 radical (unpaired) electrons. The van der Waals surface area contributed by atoms with Gasteiger partial charge in [-0.2, -0.15) is 0 Å². The van der Waals surface area contributed by atoms with E-state index in [2.05, 4.69) is 14.5 Å². The van der Waals surface area contributed by atoms with Crippen molar-refractivity contribution < 1.29 is 19.1 Å². The molecule has 1 heterocycles. The Bertz CT molecular complexity index is 320. The lowest BCUT2D eigenvalue weighted by molar-refractivity contribution is -0.144. The van der Waals surface area contributed by atoms with Crippen LogP contribution in [0.15, 0.2) is 28.4 Å². The largest absolute Gasteiger partial charge is 0.465 e. The van der Waals surface area contributed by atoms with Gasteiger partial charge in [0, 0.05) is 6.21 Å². The van der Waals surface area contributed by atoms with Crippen molar-refractivity contribution >= 4 is 18.2 Å². The van der Waals surface area contributed by atoms with Crippen LogP contribution < -0.4 is 0 Å². The molecule has 0 aromatic heterocycles. The Morgan fingerprint density at radius 3 is 2.14 bits per heavy atom. The minimum Gasteiger partial charge on any atom is -0.465 e. The molecule has 0 aliphatic carbocycles. The fourth-order valence-corrected chi connectivity index (χ4v) is 0.945. The van der Waals surface area contributed by atoms with Gasteiger partial charge in [-0.1, -0.05) is 0 Å². The lowest BCUT2D eigenvalue weighted by atomic mass is 10.2. The van der Waals surface area contributed by atoms with Gasteiger partial charge in [-0.25, -0.2) is 9.59 Å². The highest BCUT2D eigenvalue weighted by Gasteiger charge is 2.24. The molecule has 0 amide bonds. The Balaban J connectivity index is 3.11. The van der Waals surface area contributed by atoms with Crippen LogP contribution in [0.2, 0.25) is 0 Å². The molecule has 0 fully saturated rings. The molecule has 0 saturated heterocycles. The summed E-state index contributed by atoms with van der Waals surface area (Å²) in [7, 11) is 2.38. The van der Waals surface area contributed by atoms with Gasteiger partial charge in [0.25, 0.3) is 0 Å². The van der Waals surface area contributed by atoms with E-state index in [1.165, 1.54) is 26.5 Å². The van der Waals surface area contributed by atoms with Crippen LogP contribution in [0.4, 0.5) is 0 Å². The predicted octanol–water partition coefficient (Wildman–Crippen LogP) is 0.227. The van der Waals surface area contributed by atoms with Gasteiger partial charge in [-0.3, -0.25) is 4.99 Å². The highest BCUT2D eigenvalue weighted by Crippen LogP contribution is 2.14. The standard InChI is InChI=1S/C9H9NO4/c1-13-8(11)7(9(12)14-2)6-4-3-5-10-6/h3-5H,1-2H3. The van der Waals surface area contributed by atoms with Gasteiger partial charge in [0.15, 0.2) is 5.57 Å². The summed E-state index contributed by atoms with van der Waals surface area (Å²) < 4.78 is 8.88. The molecule has 0 unspecified atom stereocenters. The van der Waals surface area contributed by atoms with Gasteiger partial charge in [0.05, 0.1) is 19.9 Å². The molecule has 0 N–H and O–H groups in total. The number of carbonyl (C=O) groups excluding carboxylic acids is 2. The minimum atomic E-state index is -0.754. The number of methoxy groups -OCH3 is 2. The molecule has 0 aromatic carbocycles. The maximum Gasteiger partial charge on any atom is 0.347 e. The number of aliphatic imine (C=N–C) groups is 1. The van der Waals surface area contributed by atoms with E-state index in [1.54, 1.807) is 6.08 Å². The Morgan fingerprint density at radius 1 is 1.21 bits per heavy atom. The summed E-state index contributed by atoms with van der Waals surface area (Å²) in [5, 5.41) is 0. The second-order valence-corrected chi connectivity index (χ2v) is 2.38. The van der Waals surface area contributed by atoms with Crippen LogP contribution in [0, 0.1) is 0 Å². The first-order valence-corrected chi connectivity index (χ1v) is 3.82. The van der Waals surface area contributed by atoms with Crippen LogP contribution in [-0.2, 0) is 19.1 Å². The van der Waals surface area contributed by atoms with E-state index < -0.39 is 11.9 Å². The third kappa shape index (κ3) is 1.87. The first-order chi connectivity index (χ1) is 6.70. The minimum absolute atomic E-state index is 0.194. The summed E-state index contributed by atoms with van der Waals surface area (Å²) in [6.45, 7) is 0. The normalized spacial score (nSPS) is 12.9. The molecule has 1 aliphatic rings. The predicted molar refractivity (Wildman–Crippen MR) is 48.7 cm³/mol. The lowest BCUT2D eigenvalue weighted by Gasteiger charge is -2.03. The molecule has 1 rings (SSSR count). The average molecular weight is 195 g/mol. The zero-order valence-corrected chi connectivity index (χ0v) is 7.81. The summed E-state index contributed by atoms with van der Waals surface area (Å²) in [6.07, 6.45) is 4.62. The topological polar surface area (TPSA) is 65.0 Å². The van der Waals surface area contributed by atoms with Crippen molar-refractivity contribution in [2.45, 2.75) is 0 Å². The van der Waals surface area contributed by atoms with E-state index in [0.29, 0.717) is 0 Å². The molecule has 74 valence electrons. The second kappa shape index (κ2) is 4.36. The van der Waals surface area contributed by atoms with Crippen molar-refractivity contribution in [3.05, 3.63) is 23.4 Å². The lowest BCUT2D eigenvalue weighted by Crippen LogP contribution is -2.17. The third-order valence-corrected chi connectivity index (χ3v) is 1.59. The van der Waals surface area contributed by atoms with Gasteiger partial charge < -0.3 is 9.47 Å². The molecule has 14 heavy (non-hydrogen) atoms. The summed E-state index contributed by atoms with van der Waals surface area (Å²) in [5.74, 6) is -1.51. The molecular weight excluding hydrogens is 186 g/mol. The van der Waals surface area contributed by atoms with E-state index in [1.807, 2.05) is 0 Å².